The summed E-state index contributed by atoms with van der Waals surface area (Å²) in [4.78, 5) is 12.7. The van der Waals surface area contributed by atoms with E-state index in [9.17, 15) is 10.1 Å². The molecule has 5 rings (SSSR count). The van der Waals surface area contributed by atoms with Crippen LogP contribution in [0.15, 0.2) is 121 Å². The van der Waals surface area contributed by atoms with Gasteiger partial charge in [0, 0.05) is 16.8 Å². The number of nitriles is 1. The Labute approximate surface area is 216 Å². The van der Waals surface area contributed by atoms with E-state index < -0.39 is 5.91 Å². The van der Waals surface area contributed by atoms with Gasteiger partial charge in [-0.15, -0.1) is 0 Å². The van der Waals surface area contributed by atoms with Gasteiger partial charge in [-0.05, 0) is 54.5 Å². The Balaban J connectivity index is 1.45. The summed E-state index contributed by atoms with van der Waals surface area (Å²) >= 11 is 0. The molecule has 5 aromatic rings. The van der Waals surface area contributed by atoms with Crippen LogP contribution in [-0.2, 0) is 4.79 Å². The first-order valence-corrected chi connectivity index (χ1v) is 11.9. The number of aromatic nitrogens is 2. The summed E-state index contributed by atoms with van der Waals surface area (Å²) in [7, 11) is 0. The molecule has 0 unspecified atom stereocenters. The number of benzene rings is 4. The number of nitrogens with one attached hydrogen (secondary N) is 1. The van der Waals surface area contributed by atoms with E-state index in [-0.39, 0.29) is 5.57 Å². The second-order valence-electron chi connectivity index (χ2n) is 8.64. The normalized spacial score (nSPS) is 11.1. The van der Waals surface area contributed by atoms with Crippen LogP contribution in [0.1, 0.15) is 11.1 Å². The largest absolute Gasteiger partial charge is 0.321 e. The monoisotopic (exact) mass is 480 g/mol. The molecule has 0 aliphatic heterocycles. The highest BCUT2D eigenvalue weighted by molar-refractivity contribution is 6.09. The fourth-order valence-electron chi connectivity index (χ4n) is 4.09. The average molecular weight is 481 g/mol. The number of nitrogens with zero attached hydrogens (tertiary/aromatic N) is 3. The summed E-state index contributed by atoms with van der Waals surface area (Å²) in [5, 5.41) is 17.3. The molecule has 0 atom stereocenters. The van der Waals surface area contributed by atoms with Crippen molar-refractivity contribution in [2.24, 2.45) is 0 Å². The highest BCUT2D eigenvalue weighted by atomic mass is 16.1. The summed E-state index contributed by atoms with van der Waals surface area (Å²) in [6.07, 6.45) is 1.59. The SMILES string of the molecule is Cc1cccc(NC(=O)/C(C#N)=C/c2ccc(-n3nc(-c4ccccc4)cc3-c3ccccc3)cc2)c1. The van der Waals surface area contributed by atoms with Gasteiger partial charge in [-0.25, -0.2) is 4.68 Å². The third-order valence-corrected chi connectivity index (χ3v) is 5.94. The van der Waals surface area contributed by atoms with E-state index in [1.807, 2.05) is 109 Å². The van der Waals surface area contributed by atoms with Crippen molar-refractivity contribution in [2.75, 3.05) is 5.32 Å². The molecule has 0 aliphatic carbocycles. The van der Waals surface area contributed by atoms with Gasteiger partial charge in [0.15, 0.2) is 0 Å². The van der Waals surface area contributed by atoms with Crippen LogP contribution < -0.4 is 5.32 Å². The van der Waals surface area contributed by atoms with E-state index in [1.165, 1.54) is 0 Å². The Morgan fingerprint density at radius 3 is 2.16 bits per heavy atom. The molecular weight excluding hydrogens is 456 g/mol. The topological polar surface area (TPSA) is 70.7 Å². The molecule has 178 valence electrons. The summed E-state index contributed by atoms with van der Waals surface area (Å²) in [5.41, 5.74) is 7.28. The number of anilines is 1. The van der Waals surface area contributed by atoms with Crippen molar-refractivity contribution < 1.29 is 4.79 Å². The maximum absolute atomic E-state index is 12.7. The first kappa shape index (κ1) is 23.5. The van der Waals surface area contributed by atoms with Crippen LogP contribution in [-0.4, -0.2) is 15.7 Å². The van der Waals surface area contributed by atoms with E-state index >= 15 is 0 Å². The lowest BCUT2D eigenvalue weighted by Gasteiger charge is -2.08. The molecule has 0 bridgehead atoms. The first-order chi connectivity index (χ1) is 18.1. The van der Waals surface area contributed by atoms with Crippen LogP contribution in [0.25, 0.3) is 34.3 Å². The van der Waals surface area contributed by atoms with Gasteiger partial charge < -0.3 is 5.32 Å². The van der Waals surface area contributed by atoms with Gasteiger partial charge in [-0.1, -0.05) is 84.9 Å². The minimum Gasteiger partial charge on any atom is -0.321 e. The standard InChI is InChI=1S/C32H24N4O/c1-23-9-8-14-28(19-23)34-32(37)27(22-33)20-24-15-17-29(18-16-24)36-31(26-12-6-3-7-13-26)21-30(35-36)25-10-4-2-5-11-25/h2-21H,1H3,(H,34,37)/b27-20+. The molecule has 5 heteroatoms. The molecule has 0 saturated carbocycles. The Hall–Kier alpha value is -5.21. The van der Waals surface area contributed by atoms with Crippen LogP contribution in [0.5, 0.6) is 0 Å². The van der Waals surface area contributed by atoms with Crippen LogP contribution in [0.2, 0.25) is 0 Å². The Kier molecular flexibility index (Phi) is 6.74. The summed E-state index contributed by atoms with van der Waals surface area (Å²) in [6, 6.07) is 39.4. The lowest BCUT2D eigenvalue weighted by Crippen LogP contribution is -2.13. The minimum absolute atomic E-state index is 0.0321. The van der Waals surface area contributed by atoms with Gasteiger partial charge in [-0.2, -0.15) is 10.4 Å². The summed E-state index contributed by atoms with van der Waals surface area (Å²) in [6.45, 7) is 1.95. The van der Waals surface area contributed by atoms with Gasteiger partial charge in [-0.3, -0.25) is 4.79 Å². The fraction of sp³-hybridized carbons (Fsp3) is 0.0312. The quantitative estimate of drug-likeness (QED) is 0.209. The van der Waals surface area contributed by atoms with Gasteiger partial charge in [0.25, 0.3) is 5.91 Å². The van der Waals surface area contributed by atoms with Crippen molar-refractivity contribution in [1.29, 1.82) is 5.26 Å². The van der Waals surface area contributed by atoms with Crippen molar-refractivity contribution in [1.82, 2.24) is 9.78 Å². The molecule has 1 aromatic heterocycles. The van der Waals surface area contributed by atoms with Crippen LogP contribution in [0, 0.1) is 18.3 Å². The molecule has 37 heavy (non-hydrogen) atoms. The van der Waals surface area contributed by atoms with E-state index in [2.05, 4.69) is 23.5 Å². The second kappa shape index (κ2) is 10.6. The predicted molar refractivity (Wildman–Crippen MR) is 148 cm³/mol. The molecule has 0 saturated heterocycles. The van der Waals surface area contributed by atoms with Crippen LogP contribution in [0.4, 0.5) is 5.69 Å². The Bertz CT molecular complexity index is 1610. The number of rotatable bonds is 6. The zero-order chi connectivity index (χ0) is 25.6. The lowest BCUT2D eigenvalue weighted by molar-refractivity contribution is -0.112. The molecule has 0 spiro atoms. The van der Waals surface area contributed by atoms with Crippen LogP contribution in [0.3, 0.4) is 0 Å². The molecule has 0 radical (unpaired) electrons. The van der Waals surface area contributed by atoms with Crippen molar-refractivity contribution in [3.8, 4) is 34.3 Å². The van der Waals surface area contributed by atoms with Gasteiger partial charge in [0.2, 0.25) is 0 Å². The lowest BCUT2D eigenvalue weighted by atomic mass is 10.1. The number of carbonyl (C=O) groups is 1. The van der Waals surface area contributed by atoms with Crippen molar-refractivity contribution in [3.63, 3.8) is 0 Å². The van der Waals surface area contributed by atoms with E-state index in [0.29, 0.717) is 5.69 Å². The Morgan fingerprint density at radius 1 is 0.838 bits per heavy atom. The first-order valence-electron chi connectivity index (χ1n) is 11.9. The predicted octanol–water partition coefficient (Wildman–Crippen LogP) is 7.06. The smallest absolute Gasteiger partial charge is 0.266 e. The van der Waals surface area contributed by atoms with Gasteiger partial charge in [0.1, 0.15) is 11.6 Å². The molecular formula is C32H24N4O. The highest BCUT2D eigenvalue weighted by Crippen LogP contribution is 2.29. The number of carbonyl (C=O) groups excluding carboxylic acids is 1. The second-order valence-corrected chi connectivity index (χ2v) is 8.64. The summed E-state index contributed by atoms with van der Waals surface area (Å²) < 4.78 is 1.92. The van der Waals surface area contributed by atoms with E-state index in [1.54, 1.807) is 12.1 Å². The molecule has 4 aromatic carbocycles. The maximum atomic E-state index is 12.7. The zero-order valence-electron chi connectivity index (χ0n) is 20.3. The van der Waals surface area contributed by atoms with E-state index in [4.69, 9.17) is 5.10 Å². The molecule has 1 N–H and O–H groups in total. The molecule has 0 aliphatic rings. The Morgan fingerprint density at radius 2 is 1.51 bits per heavy atom. The maximum Gasteiger partial charge on any atom is 0.266 e. The highest BCUT2D eigenvalue weighted by Gasteiger charge is 2.14. The third-order valence-electron chi connectivity index (χ3n) is 5.94. The third kappa shape index (κ3) is 5.39. The van der Waals surface area contributed by atoms with E-state index in [0.717, 1.165) is 39.3 Å². The summed E-state index contributed by atoms with van der Waals surface area (Å²) in [5.74, 6) is -0.442. The average Bonchev–Trinajstić information content (AvgIpc) is 3.39. The van der Waals surface area contributed by atoms with Crippen molar-refractivity contribution in [3.05, 3.63) is 132 Å². The zero-order valence-corrected chi connectivity index (χ0v) is 20.3. The fourth-order valence-corrected chi connectivity index (χ4v) is 4.09. The van der Waals surface area contributed by atoms with Crippen LogP contribution >= 0.6 is 0 Å². The number of amides is 1. The van der Waals surface area contributed by atoms with Crippen molar-refractivity contribution >= 4 is 17.7 Å². The number of aryl methyl sites for hydroxylation is 1. The molecule has 1 amide bonds. The molecule has 0 fully saturated rings. The number of hydrogen-bond acceptors (Lipinski definition) is 3. The van der Waals surface area contributed by atoms with Crippen molar-refractivity contribution in [2.45, 2.75) is 6.92 Å². The molecule has 5 nitrogen and oxygen atoms in total. The minimum atomic E-state index is -0.442. The van der Waals surface area contributed by atoms with Gasteiger partial charge in [0.05, 0.1) is 17.1 Å². The van der Waals surface area contributed by atoms with Gasteiger partial charge >= 0.3 is 0 Å². The molecule has 1 heterocycles. The number of hydrogen-bond donors (Lipinski definition) is 1.